The minimum Gasteiger partial charge on any atom is -0.349 e. The number of rotatable bonds is 4. The summed E-state index contributed by atoms with van der Waals surface area (Å²) in [5.74, 6) is -0.173. The summed E-state index contributed by atoms with van der Waals surface area (Å²) >= 11 is 1.48. The van der Waals surface area contributed by atoms with Crippen LogP contribution in [0.1, 0.15) is 16.6 Å². The monoisotopic (exact) mass is 250 g/mol. The first kappa shape index (κ1) is 11.8. The highest BCUT2D eigenvalue weighted by Crippen LogP contribution is 2.16. The van der Waals surface area contributed by atoms with E-state index in [1.165, 1.54) is 11.3 Å². The van der Waals surface area contributed by atoms with Gasteiger partial charge in [0, 0.05) is 18.1 Å². The molecule has 0 fully saturated rings. The Labute approximate surface area is 103 Å². The number of carbonyl (C=O) groups is 1. The molecule has 6 heteroatoms. The van der Waals surface area contributed by atoms with Crippen molar-refractivity contribution < 1.29 is 4.79 Å². The number of nitrogens with two attached hydrogens (primary N) is 1. The van der Waals surface area contributed by atoms with Crippen LogP contribution in [-0.4, -0.2) is 15.7 Å². The molecule has 0 aliphatic carbocycles. The van der Waals surface area contributed by atoms with E-state index in [9.17, 15) is 4.79 Å². The molecule has 1 unspecified atom stereocenters. The van der Waals surface area contributed by atoms with Crippen molar-refractivity contribution in [1.29, 1.82) is 0 Å². The molecular formula is C11H14N4OS. The van der Waals surface area contributed by atoms with Crippen molar-refractivity contribution in [2.45, 2.75) is 12.6 Å². The van der Waals surface area contributed by atoms with Crippen LogP contribution < -0.4 is 11.1 Å². The fraction of sp³-hybridized carbons (Fsp3) is 0.273. The summed E-state index contributed by atoms with van der Waals surface area (Å²) in [4.78, 5) is 12.7. The molecule has 2 heterocycles. The Hall–Kier alpha value is -1.66. The van der Waals surface area contributed by atoms with Gasteiger partial charge < -0.3 is 11.1 Å². The van der Waals surface area contributed by atoms with Gasteiger partial charge >= 0.3 is 0 Å². The maximum Gasteiger partial charge on any atom is 0.242 e. The summed E-state index contributed by atoms with van der Waals surface area (Å²) in [5.41, 5.74) is 6.78. The van der Waals surface area contributed by atoms with Gasteiger partial charge in [0.2, 0.25) is 5.91 Å². The van der Waals surface area contributed by atoms with Gasteiger partial charge in [0.15, 0.2) is 0 Å². The number of carbonyl (C=O) groups excluding carboxylic acids is 1. The summed E-state index contributed by atoms with van der Waals surface area (Å²) in [5, 5.41) is 8.73. The van der Waals surface area contributed by atoms with Crippen LogP contribution in [0.15, 0.2) is 29.8 Å². The van der Waals surface area contributed by atoms with E-state index in [1.807, 2.05) is 30.6 Å². The first-order chi connectivity index (χ1) is 8.18. The topological polar surface area (TPSA) is 72.9 Å². The Kier molecular flexibility index (Phi) is 3.55. The standard InChI is InChI=1S/C11H14N4OS/c1-15-8(4-5-14-15)7-13-11(16)10(12)9-3-2-6-17-9/h2-6,10H,7,12H2,1H3,(H,13,16). The van der Waals surface area contributed by atoms with Crippen LogP contribution in [-0.2, 0) is 18.4 Å². The zero-order valence-corrected chi connectivity index (χ0v) is 10.3. The van der Waals surface area contributed by atoms with Gasteiger partial charge in [-0.25, -0.2) is 0 Å². The maximum atomic E-state index is 11.8. The SMILES string of the molecule is Cn1nccc1CNC(=O)C(N)c1cccs1. The Morgan fingerprint density at radius 1 is 1.65 bits per heavy atom. The number of nitrogens with one attached hydrogen (secondary N) is 1. The minimum atomic E-state index is -0.594. The molecule has 2 aromatic heterocycles. The highest BCUT2D eigenvalue weighted by Gasteiger charge is 2.16. The van der Waals surface area contributed by atoms with E-state index in [0.717, 1.165) is 10.6 Å². The van der Waals surface area contributed by atoms with Gasteiger partial charge in [0.1, 0.15) is 6.04 Å². The Balaban J connectivity index is 1.92. The molecule has 0 saturated heterocycles. The quantitative estimate of drug-likeness (QED) is 0.843. The van der Waals surface area contributed by atoms with E-state index in [2.05, 4.69) is 10.4 Å². The number of hydrogen-bond acceptors (Lipinski definition) is 4. The van der Waals surface area contributed by atoms with Crippen LogP contribution in [0.3, 0.4) is 0 Å². The van der Waals surface area contributed by atoms with Crippen LogP contribution in [0.4, 0.5) is 0 Å². The Bertz CT molecular complexity index is 491. The van der Waals surface area contributed by atoms with Crippen molar-refractivity contribution in [2.75, 3.05) is 0 Å². The third kappa shape index (κ3) is 2.72. The fourth-order valence-corrected chi connectivity index (χ4v) is 2.18. The molecule has 0 radical (unpaired) electrons. The zero-order valence-electron chi connectivity index (χ0n) is 9.46. The van der Waals surface area contributed by atoms with Crippen LogP contribution in [0.2, 0.25) is 0 Å². The first-order valence-corrected chi connectivity index (χ1v) is 6.10. The number of aromatic nitrogens is 2. The van der Waals surface area contributed by atoms with Gasteiger partial charge in [-0.3, -0.25) is 9.48 Å². The summed E-state index contributed by atoms with van der Waals surface area (Å²) in [6.07, 6.45) is 1.70. The van der Waals surface area contributed by atoms with Crippen molar-refractivity contribution in [3.05, 3.63) is 40.3 Å². The van der Waals surface area contributed by atoms with Gasteiger partial charge in [-0.2, -0.15) is 5.10 Å². The molecule has 1 amide bonds. The second-order valence-electron chi connectivity index (χ2n) is 3.66. The van der Waals surface area contributed by atoms with E-state index in [4.69, 9.17) is 5.73 Å². The molecule has 90 valence electrons. The van der Waals surface area contributed by atoms with Crippen molar-refractivity contribution in [3.8, 4) is 0 Å². The average Bonchev–Trinajstić information content (AvgIpc) is 2.96. The van der Waals surface area contributed by atoms with Gasteiger partial charge in [0.05, 0.1) is 12.2 Å². The largest absolute Gasteiger partial charge is 0.349 e. The number of thiophene rings is 1. The van der Waals surface area contributed by atoms with Gasteiger partial charge in [-0.05, 0) is 17.5 Å². The molecule has 1 atom stereocenters. The average molecular weight is 250 g/mol. The molecule has 0 aliphatic rings. The minimum absolute atomic E-state index is 0.173. The summed E-state index contributed by atoms with van der Waals surface area (Å²) in [7, 11) is 1.83. The van der Waals surface area contributed by atoms with Gasteiger partial charge in [-0.1, -0.05) is 6.07 Å². The van der Waals surface area contributed by atoms with Crippen molar-refractivity contribution in [3.63, 3.8) is 0 Å². The fourth-order valence-electron chi connectivity index (χ4n) is 1.46. The van der Waals surface area contributed by atoms with Crippen LogP contribution >= 0.6 is 11.3 Å². The van der Waals surface area contributed by atoms with Crippen molar-refractivity contribution in [2.24, 2.45) is 12.8 Å². The lowest BCUT2D eigenvalue weighted by atomic mass is 10.2. The predicted molar refractivity (Wildman–Crippen MR) is 66.3 cm³/mol. The first-order valence-electron chi connectivity index (χ1n) is 5.22. The van der Waals surface area contributed by atoms with E-state index in [1.54, 1.807) is 10.9 Å². The predicted octanol–water partition coefficient (Wildman–Crippen LogP) is 0.798. The van der Waals surface area contributed by atoms with E-state index in [-0.39, 0.29) is 5.91 Å². The highest BCUT2D eigenvalue weighted by atomic mass is 32.1. The third-order valence-electron chi connectivity index (χ3n) is 2.50. The molecule has 3 N–H and O–H groups in total. The van der Waals surface area contributed by atoms with Crippen LogP contribution in [0.5, 0.6) is 0 Å². The number of amides is 1. The zero-order chi connectivity index (χ0) is 12.3. The van der Waals surface area contributed by atoms with Gasteiger partial charge in [-0.15, -0.1) is 11.3 Å². The molecule has 0 aromatic carbocycles. The summed E-state index contributed by atoms with van der Waals surface area (Å²) in [6.45, 7) is 0.439. The molecule has 0 saturated carbocycles. The molecule has 0 spiro atoms. The van der Waals surface area contributed by atoms with Crippen molar-refractivity contribution >= 4 is 17.2 Å². The van der Waals surface area contributed by atoms with Gasteiger partial charge in [0.25, 0.3) is 0 Å². The molecule has 0 bridgehead atoms. The molecular weight excluding hydrogens is 236 g/mol. The second-order valence-corrected chi connectivity index (χ2v) is 4.64. The normalized spacial score (nSPS) is 12.4. The second kappa shape index (κ2) is 5.11. The number of aryl methyl sites for hydroxylation is 1. The lowest BCUT2D eigenvalue weighted by Gasteiger charge is -2.10. The van der Waals surface area contributed by atoms with Crippen molar-refractivity contribution in [1.82, 2.24) is 15.1 Å². The highest BCUT2D eigenvalue weighted by molar-refractivity contribution is 7.10. The number of nitrogens with zero attached hydrogens (tertiary/aromatic N) is 2. The number of hydrogen-bond donors (Lipinski definition) is 2. The Morgan fingerprint density at radius 2 is 2.47 bits per heavy atom. The lowest BCUT2D eigenvalue weighted by molar-refractivity contribution is -0.122. The molecule has 0 aliphatic heterocycles. The Morgan fingerprint density at radius 3 is 3.06 bits per heavy atom. The summed E-state index contributed by atoms with van der Waals surface area (Å²) < 4.78 is 1.72. The lowest BCUT2D eigenvalue weighted by Crippen LogP contribution is -2.33. The summed E-state index contributed by atoms with van der Waals surface area (Å²) in [6, 6.07) is 5.01. The molecule has 2 aromatic rings. The molecule has 5 nitrogen and oxygen atoms in total. The maximum absolute atomic E-state index is 11.8. The van der Waals surface area contributed by atoms with E-state index < -0.39 is 6.04 Å². The van der Waals surface area contributed by atoms with Crippen LogP contribution in [0.25, 0.3) is 0 Å². The van der Waals surface area contributed by atoms with E-state index in [0.29, 0.717) is 6.54 Å². The smallest absolute Gasteiger partial charge is 0.242 e. The van der Waals surface area contributed by atoms with E-state index >= 15 is 0 Å². The molecule has 17 heavy (non-hydrogen) atoms. The van der Waals surface area contributed by atoms with Crippen LogP contribution in [0, 0.1) is 0 Å². The third-order valence-corrected chi connectivity index (χ3v) is 3.45. The molecule has 2 rings (SSSR count).